The van der Waals surface area contributed by atoms with E-state index in [9.17, 15) is 14.7 Å². The first-order chi connectivity index (χ1) is 16.6. The SMILES string of the molecule is Cc1c(C(O)=C2C(=O)C(=O)N(Cc3cccnc3)C2c2ccccc2)cnn1-c1ccccc1. The molecule has 7 heteroatoms. The number of aliphatic hydroxyl groups is 1. The first kappa shape index (κ1) is 21.3. The second-order valence-corrected chi connectivity index (χ2v) is 8.09. The minimum absolute atomic E-state index is 0.0517. The molecule has 1 N–H and O–H groups in total. The lowest BCUT2D eigenvalue weighted by Crippen LogP contribution is -2.29. The molecule has 1 atom stereocenters. The maximum Gasteiger partial charge on any atom is 0.295 e. The molecule has 34 heavy (non-hydrogen) atoms. The van der Waals surface area contributed by atoms with Crippen molar-refractivity contribution in [2.24, 2.45) is 0 Å². The lowest BCUT2D eigenvalue weighted by Gasteiger charge is -2.25. The fourth-order valence-electron chi connectivity index (χ4n) is 4.33. The number of nitrogens with zero attached hydrogens (tertiary/aromatic N) is 4. The zero-order valence-corrected chi connectivity index (χ0v) is 18.5. The minimum Gasteiger partial charge on any atom is -0.507 e. The van der Waals surface area contributed by atoms with Gasteiger partial charge in [-0.15, -0.1) is 0 Å². The molecule has 0 radical (unpaired) electrons. The summed E-state index contributed by atoms with van der Waals surface area (Å²) in [4.78, 5) is 32.0. The molecular formula is C27H22N4O3. The van der Waals surface area contributed by atoms with Gasteiger partial charge < -0.3 is 10.0 Å². The van der Waals surface area contributed by atoms with Crippen molar-refractivity contribution in [2.75, 3.05) is 0 Å². The van der Waals surface area contributed by atoms with Crippen LogP contribution in [0.15, 0.2) is 97.0 Å². The van der Waals surface area contributed by atoms with E-state index in [0.717, 1.165) is 16.8 Å². The second kappa shape index (κ2) is 8.78. The van der Waals surface area contributed by atoms with E-state index in [4.69, 9.17) is 0 Å². The Hall–Kier alpha value is -4.52. The highest BCUT2D eigenvalue weighted by molar-refractivity contribution is 6.46. The summed E-state index contributed by atoms with van der Waals surface area (Å²) < 4.78 is 1.69. The average molecular weight is 450 g/mol. The van der Waals surface area contributed by atoms with Crippen LogP contribution in [0.1, 0.15) is 28.4 Å². The number of pyridine rings is 1. The van der Waals surface area contributed by atoms with Crippen LogP contribution in [0.4, 0.5) is 0 Å². The summed E-state index contributed by atoms with van der Waals surface area (Å²) in [5, 5.41) is 15.8. The van der Waals surface area contributed by atoms with E-state index in [0.29, 0.717) is 11.3 Å². The Morgan fingerprint density at radius 2 is 1.65 bits per heavy atom. The summed E-state index contributed by atoms with van der Waals surface area (Å²) in [6.45, 7) is 2.01. The normalized spacial score (nSPS) is 17.3. The van der Waals surface area contributed by atoms with Crippen molar-refractivity contribution < 1.29 is 14.7 Å². The average Bonchev–Trinajstić information content (AvgIpc) is 3.38. The van der Waals surface area contributed by atoms with E-state index in [1.54, 1.807) is 23.1 Å². The largest absolute Gasteiger partial charge is 0.507 e. The number of likely N-dealkylation sites (tertiary alicyclic amines) is 1. The molecule has 3 heterocycles. The van der Waals surface area contributed by atoms with Crippen LogP contribution in [0, 0.1) is 6.92 Å². The van der Waals surface area contributed by atoms with Gasteiger partial charge in [0.15, 0.2) is 0 Å². The van der Waals surface area contributed by atoms with Gasteiger partial charge in [0.05, 0.1) is 34.8 Å². The molecule has 1 unspecified atom stereocenters. The molecule has 1 fully saturated rings. The monoisotopic (exact) mass is 450 g/mol. The number of Topliss-reactive ketones (excluding diaryl/α,β-unsaturated/α-hetero) is 1. The van der Waals surface area contributed by atoms with Crippen LogP contribution < -0.4 is 0 Å². The number of ketones is 1. The maximum absolute atomic E-state index is 13.2. The molecule has 1 saturated heterocycles. The number of hydrogen-bond acceptors (Lipinski definition) is 5. The van der Waals surface area contributed by atoms with E-state index in [2.05, 4.69) is 10.1 Å². The summed E-state index contributed by atoms with van der Waals surface area (Å²) in [5.41, 5.74) is 3.48. The van der Waals surface area contributed by atoms with Gasteiger partial charge in [-0.1, -0.05) is 54.6 Å². The van der Waals surface area contributed by atoms with Crippen molar-refractivity contribution in [1.29, 1.82) is 0 Å². The second-order valence-electron chi connectivity index (χ2n) is 8.09. The third kappa shape index (κ3) is 3.67. The minimum atomic E-state index is -0.735. The summed E-state index contributed by atoms with van der Waals surface area (Å²) in [6, 6.07) is 21.7. The van der Waals surface area contributed by atoms with Crippen molar-refractivity contribution >= 4 is 17.4 Å². The molecule has 1 amide bonds. The van der Waals surface area contributed by atoms with Gasteiger partial charge in [0.2, 0.25) is 0 Å². The van der Waals surface area contributed by atoms with Crippen LogP contribution in [0.3, 0.4) is 0 Å². The molecule has 2 aromatic heterocycles. The number of amides is 1. The Bertz CT molecular complexity index is 1380. The van der Waals surface area contributed by atoms with Gasteiger partial charge in [0, 0.05) is 18.9 Å². The molecule has 2 aromatic carbocycles. The highest BCUT2D eigenvalue weighted by Gasteiger charge is 2.46. The summed E-state index contributed by atoms with van der Waals surface area (Å²) in [5.74, 6) is -1.62. The molecule has 1 aliphatic rings. The van der Waals surface area contributed by atoms with Gasteiger partial charge >= 0.3 is 0 Å². The van der Waals surface area contributed by atoms with Gasteiger partial charge in [0.25, 0.3) is 11.7 Å². The van der Waals surface area contributed by atoms with E-state index in [1.165, 1.54) is 11.1 Å². The number of carbonyl (C=O) groups is 2. The molecule has 5 rings (SSSR count). The van der Waals surface area contributed by atoms with Crippen LogP contribution >= 0.6 is 0 Å². The zero-order valence-electron chi connectivity index (χ0n) is 18.5. The van der Waals surface area contributed by atoms with Crippen LogP contribution in [0.25, 0.3) is 11.4 Å². The number of hydrogen-bond donors (Lipinski definition) is 1. The third-order valence-electron chi connectivity index (χ3n) is 6.00. The highest BCUT2D eigenvalue weighted by atomic mass is 16.3. The van der Waals surface area contributed by atoms with Crippen molar-refractivity contribution in [3.05, 3.63) is 119 Å². The Morgan fingerprint density at radius 3 is 2.32 bits per heavy atom. The Labute approximate surface area is 196 Å². The van der Waals surface area contributed by atoms with Crippen LogP contribution in [0.2, 0.25) is 0 Å². The smallest absolute Gasteiger partial charge is 0.295 e. The predicted molar refractivity (Wildman–Crippen MR) is 127 cm³/mol. The zero-order chi connectivity index (χ0) is 23.7. The van der Waals surface area contributed by atoms with Gasteiger partial charge in [-0.05, 0) is 36.2 Å². The molecule has 1 aliphatic heterocycles. The summed E-state index contributed by atoms with van der Waals surface area (Å²) in [7, 11) is 0. The fraction of sp³-hybridized carbons (Fsp3) is 0.111. The summed E-state index contributed by atoms with van der Waals surface area (Å²) >= 11 is 0. The molecule has 0 aliphatic carbocycles. The molecule has 168 valence electrons. The number of carbonyl (C=O) groups excluding carboxylic acids is 2. The van der Waals surface area contributed by atoms with Crippen LogP contribution in [-0.4, -0.2) is 36.5 Å². The Kier molecular flexibility index (Phi) is 5.51. The van der Waals surface area contributed by atoms with Crippen molar-refractivity contribution in [1.82, 2.24) is 19.7 Å². The number of aromatic nitrogens is 3. The predicted octanol–water partition coefficient (Wildman–Crippen LogP) is 4.20. The molecular weight excluding hydrogens is 428 g/mol. The van der Waals surface area contributed by atoms with E-state index >= 15 is 0 Å². The molecule has 0 bridgehead atoms. The van der Waals surface area contributed by atoms with Crippen LogP contribution in [0.5, 0.6) is 0 Å². The van der Waals surface area contributed by atoms with E-state index in [1.807, 2.05) is 73.7 Å². The van der Waals surface area contributed by atoms with Crippen molar-refractivity contribution in [3.8, 4) is 5.69 Å². The quantitative estimate of drug-likeness (QED) is 0.280. The Morgan fingerprint density at radius 1 is 0.941 bits per heavy atom. The van der Waals surface area contributed by atoms with Crippen molar-refractivity contribution in [2.45, 2.75) is 19.5 Å². The van der Waals surface area contributed by atoms with Gasteiger partial charge in [-0.25, -0.2) is 4.68 Å². The van der Waals surface area contributed by atoms with Gasteiger partial charge in [-0.3, -0.25) is 14.6 Å². The highest BCUT2D eigenvalue weighted by Crippen LogP contribution is 2.40. The van der Waals surface area contributed by atoms with Crippen molar-refractivity contribution in [3.63, 3.8) is 0 Å². The van der Waals surface area contributed by atoms with Crippen LogP contribution in [-0.2, 0) is 16.1 Å². The maximum atomic E-state index is 13.2. The van der Waals surface area contributed by atoms with Gasteiger partial charge in [0.1, 0.15) is 5.76 Å². The number of para-hydroxylation sites is 1. The fourth-order valence-corrected chi connectivity index (χ4v) is 4.33. The standard InChI is InChI=1S/C27H22N4O3/c1-18-22(16-29-31(18)21-12-6-3-7-13-21)25(32)23-24(20-10-4-2-5-11-20)30(27(34)26(23)33)17-19-9-8-14-28-15-19/h2-16,24,32H,17H2,1H3. The third-order valence-corrected chi connectivity index (χ3v) is 6.00. The topological polar surface area (TPSA) is 88.3 Å². The Balaban J connectivity index is 1.64. The lowest BCUT2D eigenvalue weighted by molar-refractivity contribution is -0.140. The van der Waals surface area contributed by atoms with Gasteiger partial charge in [-0.2, -0.15) is 5.10 Å². The molecule has 7 nitrogen and oxygen atoms in total. The number of benzene rings is 2. The van der Waals surface area contributed by atoms with E-state index in [-0.39, 0.29) is 17.9 Å². The first-order valence-electron chi connectivity index (χ1n) is 10.9. The molecule has 0 saturated carbocycles. The molecule has 4 aromatic rings. The molecule has 0 spiro atoms. The first-order valence-corrected chi connectivity index (χ1v) is 10.9. The van der Waals surface area contributed by atoms with E-state index < -0.39 is 17.7 Å². The number of aliphatic hydroxyl groups excluding tert-OH is 1. The summed E-state index contributed by atoms with van der Waals surface area (Å²) in [6.07, 6.45) is 4.84. The lowest BCUT2D eigenvalue weighted by atomic mass is 9.95. The number of rotatable bonds is 5.